The van der Waals surface area contributed by atoms with E-state index >= 15 is 0 Å². The van der Waals surface area contributed by atoms with Gasteiger partial charge in [0, 0.05) is 13.1 Å². The maximum Gasteiger partial charge on any atom is 0.250 e. The molecule has 2 heterocycles. The molecule has 0 amide bonds. The van der Waals surface area contributed by atoms with Crippen LogP contribution in [0.1, 0.15) is 33.1 Å². The van der Waals surface area contributed by atoms with Gasteiger partial charge in [0.15, 0.2) is 0 Å². The second kappa shape index (κ2) is 5.23. The third-order valence-corrected chi connectivity index (χ3v) is 4.08. The highest BCUT2D eigenvalue weighted by molar-refractivity contribution is 5.40. The summed E-state index contributed by atoms with van der Waals surface area (Å²) in [5.41, 5.74) is 1.43. The summed E-state index contributed by atoms with van der Waals surface area (Å²) in [6, 6.07) is 10.1. The van der Waals surface area contributed by atoms with Crippen LogP contribution in [0.5, 0.6) is 0 Å². The minimum atomic E-state index is 0.416. The van der Waals surface area contributed by atoms with Crippen molar-refractivity contribution in [1.82, 2.24) is 20.2 Å². The van der Waals surface area contributed by atoms with Crippen molar-refractivity contribution in [3.05, 3.63) is 30.3 Å². The predicted octanol–water partition coefficient (Wildman–Crippen LogP) is 2.68. The zero-order valence-corrected chi connectivity index (χ0v) is 12.2. The van der Waals surface area contributed by atoms with E-state index < -0.39 is 0 Å². The van der Waals surface area contributed by atoms with Crippen LogP contribution in [-0.2, 0) is 0 Å². The van der Waals surface area contributed by atoms with Gasteiger partial charge < -0.3 is 4.90 Å². The first kappa shape index (κ1) is 13.1. The first-order chi connectivity index (χ1) is 9.66. The SMILES string of the molecule is CC1(C)CCCN(c2nnnn2-c2ccccc2)CC1. The molecule has 0 atom stereocenters. The Morgan fingerprint density at radius 2 is 1.85 bits per heavy atom. The van der Waals surface area contributed by atoms with E-state index in [9.17, 15) is 0 Å². The third-order valence-electron chi connectivity index (χ3n) is 4.08. The third kappa shape index (κ3) is 2.66. The van der Waals surface area contributed by atoms with Crippen LogP contribution in [0, 0.1) is 5.41 Å². The molecule has 1 aromatic carbocycles. The summed E-state index contributed by atoms with van der Waals surface area (Å²) >= 11 is 0. The molecule has 1 saturated heterocycles. The van der Waals surface area contributed by atoms with Crippen LogP contribution in [-0.4, -0.2) is 33.3 Å². The highest BCUT2D eigenvalue weighted by Gasteiger charge is 2.25. The average molecular weight is 271 g/mol. The molecule has 2 aromatic rings. The Kier molecular flexibility index (Phi) is 3.42. The first-order valence-electron chi connectivity index (χ1n) is 7.24. The summed E-state index contributed by atoms with van der Waals surface area (Å²) in [5.74, 6) is 0.855. The molecule has 20 heavy (non-hydrogen) atoms. The lowest BCUT2D eigenvalue weighted by atomic mass is 9.85. The zero-order valence-electron chi connectivity index (χ0n) is 12.2. The first-order valence-corrected chi connectivity index (χ1v) is 7.24. The second-order valence-corrected chi connectivity index (χ2v) is 6.23. The molecular formula is C15H21N5. The minimum Gasteiger partial charge on any atom is -0.339 e. The minimum absolute atomic E-state index is 0.416. The highest BCUT2D eigenvalue weighted by Crippen LogP contribution is 2.31. The number of nitrogens with zero attached hydrogens (tertiary/aromatic N) is 5. The molecular weight excluding hydrogens is 250 g/mol. The lowest BCUT2D eigenvalue weighted by Crippen LogP contribution is -2.28. The summed E-state index contributed by atoms with van der Waals surface area (Å²) in [7, 11) is 0. The van der Waals surface area contributed by atoms with Crippen molar-refractivity contribution in [1.29, 1.82) is 0 Å². The normalized spacial score (nSPS) is 18.8. The summed E-state index contributed by atoms with van der Waals surface area (Å²) in [4.78, 5) is 2.31. The van der Waals surface area contributed by atoms with Crippen molar-refractivity contribution >= 4 is 5.95 Å². The van der Waals surface area contributed by atoms with Crippen molar-refractivity contribution in [3.8, 4) is 5.69 Å². The molecule has 106 valence electrons. The molecule has 5 heteroatoms. The second-order valence-electron chi connectivity index (χ2n) is 6.23. The van der Waals surface area contributed by atoms with Gasteiger partial charge in [0.2, 0.25) is 5.95 Å². The maximum atomic E-state index is 4.23. The summed E-state index contributed by atoms with van der Waals surface area (Å²) < 4.78 is 1.83. The quantitative estimate of drug-likeness (QED) is 0.842. The van der Waals surface area contributed by atoms with Gasteiger partial charge in [-0.25, -0.2) is 0 Å². The van der Waals surface area contributed by atoms with E-state index in [1.807, 2.05) is 35.0 Å². The van der Waals surface area contributed by atoms with Crippen molar-refractivity contribution in [2.75, 3.05) is 18.0 Å². The van der Waals surface area contributed by atoms with Crippen LogP contribution in [0.15, 0.2) is 30.3 Å². The number of anilines is 1. The van der Waals surface area contributed by atoms with E-state index in [-0.39, 0.29) is 0 Å². The number of para-hydroxylation sites is 1. The predicted molar refractivity (Wildman–Crippen MR) is 79.0 cm³/mol. The standard InChI is InChI=1S/C15H21N5/c1-15(2)9-6-11-19(12-10-15)14-16-17-18-20(14)13-7-4-3-5-8-13/h3-5,7-8H,6,9-12H2,1-2H3. The van der Waals surface area contributed by atoms with Gasteiger partial charge in [-0.2, -0.15) is 4.68 Å². The number of rotatable bonds is 2. The van der Waals surface area contributed by atoms with Gasteiger partial charge in [0.05, 0.1) is 5.69 Å². The van der Waals surface area contributed by atoms with E-state index in [1.165, 1.54) is 19.3 Å². The van der Waals surface area contributed by atoms with E-state index in [1.54, 1.807) is 0 Å². The molecule has 5 nitrogen and oxygen atoms in total. The van der Waals surface area contributed by atoms with Crippen LogP contribution in [0.2, 0.25) is 0 Å². The molecule has 1 aliphatic rings. The van der Waals surface area contributed by atoms with Crippen molar-refractivity contribution in [2.24, 2.45) is 5.41 Å². The van der Waals surface area contributed by atoms with E-state index in [0.29, 0.717) is 5.41 Å². The lowest BCUT2D eigenvalue weighted by Gasteiger charge is -2.23. The molecule has 0 saturated carbocycles. The van der Waals surface area contributed by atoms with Gasteiger partial charge in [-0.3, -0.25) is 0 Å². The largest absolute Gasteiger partial charge is 0.339 e. The maximum absolute atomic E-state index is 4.23. The number of hydrogen-bond donors (Lipinski definition) is 0. The molecule has 1 fully saturated rings. The van der Waals surface area contributed by atoms with Gasteiger partial charge in [0.25, 0.3) is 0 Å². The van der Waals surface area contributed by atoms with Crippen LogP contribution in [0.3, 0.4) is 0 Å². The van der Waals surface area contributed by atoms with Gasteiger partial charge in [-0.1, -0.05) is 37.1 Å². The van der Waals surface area contributed by atoms with Gasteiger partial charge in [-0.05, 0) is 47.2 Å². The molecule has 0 N–H and O–H groups in total. The Hall–Kier alpha value is -1.91. The summed E-state index contributed by atoms with van der Waals surface area (Å²) in [6.07, 6.45) is 3.62. The Morgan fingerprint density at radius 1 is 1.05 bits per heavy atom. The Balaban J connectivity index is 1.87. The topological polar surface area (TPSA) is 46.8 Å². The van der Waals surface area contributed by atoms with Gasteiger partial charge in [-0.15, -0.1) is 0 Å². The molecule has 3 rings (SSSR count). The molecule has 1 aromatic heterocycles. The lowest BCUT2D eigenvalue weighted by molar-refractivity contribution is 0.325. The molecule has 0 aliphatic carbocycles. The fourth-order valence-corrected chi connectivity index (χ4v) is 2.74. The van der Waals surface area contributed by atoms with Crippen LogP contribution < -0.4 is 4.90 Å². The Bertz CT molecular complexity index is 561. The van der Waals surface area contributed by atoms with Crippen molar-refractivity contribution < 1.29 is 0 Å². The monoisotopic (exact) mass is 271 g/mol. The summed E-state index contributed by atoms with van der Waals surface area (Å²) in [5, 5.41) is 12.2. The summed E-state index contributed by atoms with van der Waals surface area (Å²) in [6.45, 7) is 6.73. The van der Waals surface area contributed by atoms with E-state index in [0.717, 1.165) is 24.7 Å². The smallest absolute Gasteiger partial charge is 0.250 e. The van der Waals surface area contributed by atoms with Crippen molar-refractivity contribution in [3.63, 3.8) is 0 Å². The molecule has 1 aliphatic heterocycles. The molecule has 0 unspecified atom stereocenters. The molecule has 0 bridgehead atoms. The highest BCUT2D eigenvalue weighted by atomic mass is 15.6. The number of benzene rings is 1. The number of hydrogen-bond acceptors (Lipinski definition) is 4. The van der Waals surface area contributed by atoms with Crippen molar-refractivity contribution in [2.45, 2.75) is 33.1 Å². The molecule has 0 spiro atoms. The molecule has 0 radical (unpaired) electrons. The Labute approximate surface area is 119 Å². The fourth-order valence-electron chi connectivity index (χ4n) is 2.74. The van der Waals surface area contributed by atoms with Gasteiger partial charge >= 0.3 is 0 Å². The van der Waals surface area contributed by atoms with Crippen LogP contribution >= 0.6 is 0 Å². The fraction of sp³-hybridized carbons (Fsp3) is 0.533. The number of tetrazole rings is 1. The van der Waals surface area contributed by atoms with E-state index in [4.69, 9.17) is 0 Å². The van der Waals surface area contributed by atoms with Crippen LogP contribution in [0.4, 0.5) is 5.95 Å². The van der Waals surface area contributed by atoms with Gasteiger partial charge in [0.1, 0.15) is 0 Å². The number of aromatic nitrogens is 4. The average Bonchev–Trinajstić information content (AvgIpc) is 2.85. The van der Waals surface area contributed by atoms with E-state index in [2.05, 4.69) is 34.3 Å². The van der Waals surface area contributed by atoms with Crippen LogP contribution in [0.25, 0.3) is 5.69 Å². The zero-order chi connectivity index (χ0) is 14.0. The Morgan fingerprint density at radius 3 is 2.65 bits per heavy atom.